The first-order valence-electron chi connectivity index (χ1n) is 8.03. The Morgan fingerprint density at radius 3 is 2.52 bits per heavy atom. The molecule has 3 nitrogen and oxygen atoms in total. The van der Waals surface area contributed by atoms with Crippen LogP contribution in [-0.2, 0) is 6.54 Å². The first-order valence-corrected chi connectivity index (χ1v) is 9.11. The van der Waals surface area contributed by atoms with Crippen LogP contribution in [0.4, 0.5) is 0 Å². The van der Waals surface area contributed by atoms with E-state index in [2.05, 4.69) is 63.1 Å². The van der Waals surface area contributed by atoms with Crippen LogP contribution < -0.4 is 5.32 Å². The molecule has 1 aliphatic rings. The number of carbonyl (C=O) groups excluding carboxylic acids is 1. The van der Waals surface area contributed by atoms with Gasteiger partial charge in [0.1, 0.15) is 0 Å². The van der Waals surface area contributed by atoms with Gasteiger partial charge in [0.15, 0.2) is 0 Å². The zero-order valence-electron chi connectivity index (χ0n) is 13.0. The van der Waals surface area contributed by atoms with Crippen LogP contribution in [0, 0.1) is 3.57 Å². The molecule has 1 amide bonds. The summed E-state index contributed by atoms with van der Waals surface area (Å²) >= 11 is 2.24. The molecule has 0 atom stereocenters. The number of likely N-dealkylation sites (tertiary alicyclic amines) is 1. The summed E-state index contributed by atoms with van der Waals surface area (Å²) in [5, 5.41) is 3.18. The average molecular weight is 417 g/mol. The van der Waals surface area contributed by atoms with Crippen molar-refractivity contribution in [2.24, 2.45) is 0 Å². The lowest BCUT2D eigenvalue weighted by molar-refractivity contribution is 0.0909. The summed E-state index contributed by atoms with van der Waals surface area (Å²) in [6.45, 7) is 3.07. The third kappa shape index (κ3) is 4.78. The number of carbonyl (C=O) groups is 1. The molecule has 0 unspecified atom stereocenters. The molecule has 0 aliphatic carbocycles. The van der Waals surface area contributed by atoms with E-state index in [0.717, 1.165) is 41.6 Å². The number of hydrogen-bond donors (Lipinski definition) is 1. The Hall–Kier alpha value is -1.40. The highest BCUT2D eigenvalue weighted by Crippen LogP contribution is 2.15. The van der Waals surface area contributed by atoms with Crippen LogP contribution in [0.1, 0.15) is 28.8 Å². The van der Waals surface area contributed by atoms with Gasteiger partial charge in [-0.3, -0.25) is 9.69 Å². The molecule has 0 aromatic heterocycles. The Morgan fingerprint density at radius 1 is 1.09 bits per heavy atom. The first-order chi connectivity index (χ1) is 11.2. The lowest BCUT2D eigenvalue weighted by atomic mass is 10.0. The third-order valence-corrected chi connectivity index (χ3v) is 4.93. The molecule has 23 heavy (non-hydrogen) atoms. The van der Waals surface area contributed by atoms with E-state index < -0.39 is 0 Å². The van der Waals surface area contributed by atoms with E-state index in [1.165, 1.54) is 5.56 Å². The summed E-state index contributed by atoms with van der Waals surface area (Å²) in [6.07, 6.45) is 2.03. The van der Waals surface area contributed by atoms with E-state index in [1.807, 2.05) is 24.3 Å². The van der Waals surface area contributed by atoms with E-state index in [1.54, 1.807) is 0 Å². The number of amides is 1. The Morgan fingerprint density at radius 2 is 1.83 bits per heavy atom. The largest absolute Gasteiger partial charge is 0.349 e. The van der Waals surface area contributed by atoms with Gasteiger partial charge in [-0.1, -0.05) is 36.4 Å². The van der Waals surface area contributed by atoms with E-state index >= 15 is 0 Å². The lowest BCUT2D eigenvalue weighted by Gasteiger charge is -2.32. The minimum atomic E-state index is 0.0463. The van der Waals surface area contributed by atoms with Crippen molar-refractivity contribution in [2.75, 3.05) is 13.1 Å². The summed E-state index contributed by atoms with van der Waals surface area (Å²) < 4.78 is 1.09. The van der Waals surface area contributed by atoms with Crippen LogP contribution in [0.2, 0.25) is 0 Å². The van der Waals surface area contributed by atoms with Crippen molar-refractivity contribution >= 4 is 28.5 Å². The molecular weight excluding hydrogens is 396 g/mol. The van der Waals surface area contributed by atoms with Crippen molar-refractivity contribution in [2.45, 2.75) is 25.4 Å². The van der Waals surface area contributed by atoms with Crippen molar-refractivity contribution in [1.29, 1.82) is 0 Å². The molecule has 1 aliphatic heterocycles. The van der Waals surface area contributed by atoms with Gasteiger partial charge in [-0.15, -0.1) is 0 Å². The van der Waals surface area contributed by atoms with Gasteiger partial charge in [0.2, 0.25) is 0 Å². The van der Waals surface area contributed by atoms with Crippen LogP contribution in [0.3, 0.4) is 0 Å². The summed E-state index contributed by atoms with van der Waals surface area (Å²) in [7, 11) is 0. The molecule has 2 aromatic rings. The maximum atomic E-state index is 12.3. The highest BCUT2D eigenvalue weighted by molar-refractivity contribution is 14.1. The molecular formula is C19H21IN2O. The summed E-state index contributed by atoms with van der Waals surface area (Å²) in [4.78, 5) is 14.8. The Kier molecular flexibility index (Phi) is 5.67. The fourth-order valence-corrected chi connectivity index (χ4v) is 3.52. The highest BCUT2D eigenvalue weighted by atomic mass is 124. The van der Waals surface area contributed by atoms with Crippen LogP contribution in [-0.4, -0.2) is 29.9 Å². The molecule has 3 rings (SSSR count). The van der Waals surface area contributed by atoms with Crippen LogP contribution in [0.25, 0.3) is 0 Å². The molecule has 0 spiro atoms. The Balaban J connectivity index is 1.48. The van der Waals surface area contributed by atoms with E-state index in [9.17, 15) is 4.79 Å². The van der Waals surface area contributed by atoms with Gasteiger partial charge in [0.25, 0.3) is 5.91 Å². The minimum Gasteiger partial charge on any atom is -0.349 e. The SMILES string of the molecule is O=C(NC1CCN(Cc2ccccc2)CC1)c1cccc([124I])c1. The number of nitrogens with zero attached hydrogens (tertiary/aromatic N) is 1. The maximum Gasteiger partial charge on any atom is 0.251 e. The van der Waals surface area contributed by atoms with Gasteiger partial charge in [0, 0.05) is 34.8 Å². The van der Waals surface area contributed by atoms with Gasteiger partial charge in [-0.05, 0) is 59.2 Å². The Bertz CT molecular complexity index is 651. The summed E-state index contributed by atoms with van der Waals surface area (Å²) in [6, 6.07) is 18.6. The van der Waals surface area contributed by atoms with E-state index in [0.29, 0.717) is 0 Å². The zero-order valence-corrected chi connectivity index (χ0v) is 15.2. The standard InChI is InChI=1S/C19H21IN2O/c20-17-8-4-7-16(13-17)19(23)21-18-9-11-22(12-10-18)14-15-5-2-1-3-6-15/h1-8,13,18H,9-12,14H2,(H,21,23)/i20-3. The van der Waals surface area contributed by atoms with Gasteiger partial charge in [0.05, 0.1) is 0 Å². The predicted octanol–water partition coefficient (Wildman–Crippen LogP) is 3.69. The fraction of sp³-hybridized carbons (Fsp3) is 0.316. The lowest BCUT2D eigenvalue weighted by Crippen LogP contribution is -2.44. The maximum absolute atomic E-state index is 12.3. The van der Waals surface area contributed by atoms with Crippen LogP contribution >= 0.6 is 22.6 Å². The average Bonchev–Trinajstić information content (AvgIpc) is 2.57. The second-order valence-electron chi connectivity index (χ2n) is 6.02. The summed E-state index contributed by atoms with van der Waals surface area (Å²) in [5.41, 5.74) is 2.11. The molecule has 1 heterocycles. The van der Waals surface area contributed by atoms with E-state index in [-0.39, 0.29) is 11.9 Å². The van der Waals surface area contributed by atoms with Gasteiger partial charge in [-0.2, -0.15) is 0 Å². The smallest absolute Gasteiger partial charge is 0.251 e. The number of rotatable bonds is 4. The topological polar surface area (TPSA) is 32.3 Å². The third-order valence-electron chi connectivity index (χ3n) is 4.26. The number of piperidine rings is 1. The molecule has 1 saturated heterocycles. The Labute approximate surface area is 151 Å². The van der Waals surface area contributed by atoms with E-state index in [4.69, 9.17) is 0 Å². The normalized spacial score (nSPS) is 16.2. The number of hydrogen-bond acceptors (Lipinski definition) is 2. The minimum absolute atomic E-state index is 0.0463. The molecule has 2 aromatic carbocycles. The van der Waals surface area contributed by atoms with Crippen molar-refractivity contribution in [3.05, 3.63) is 69.3 Å². The number of nitrogens with one attached hydrogen (secondary N) is 1. The summed E-state index contributed by atoms with van der Waals surface area (Å²) in [5.74, 6) is 0.0463. The second-order valence-corrected chi connectivity index (χ2v) is 7.27. The monoisotopic (exact) mass is 417 g/mol. The van der Waals surface area contributed by atoms with Crippen LogP contribution in [0.15, 0.2) is 54.6 Å². The quantitative estimate of drug-likeness (QED) is 0.770. The second kappa shape index (κ2) is 7.93. The number of benzene rings is 2. The van der Waals surface area contributed by atoms with Crippen molar-refractivity contribution in [3.63, 3.8) is 0 Å². The van der Waals surface area contributed by atoms with Gasteiger partial charge in [-0.25, -0.2) is 0 Å². The zero-order chi connectivity index (χ0) is 16.1. The highest BCUT2D eigenvalue weighted by Gasteiger charge is 2.21. The fourth-order valence-electron chi connectivity index (χ4n) is 2.98. The molecule has 0 saturated carbocycles. The molecule has 4 heteroatoms. The first kappa shape index (κ1) is 16.5. The predicted molar refractivity (Wildman–Crippen MR) is 101 cm³/mol. The van der Waals surface area contributed by atoms with Crippen LogP contribution in [0.5, 0.6) is 0 Å². The number of halogens is 1. The molecule has 0 radical (unpaired) electrons. The van der Waals surface area contributed by atoms with Crippen molar-refractivity contribution in [1.82, 2.24) is 10.2 Å². The van der Waals surface area contributed by atoms with Gasteiger partial charge >= 0.3 is 0 Å². The van der Waals surface area contributed by atoms with Gasteiger partial charge < -0.3 is 5.32 Å². The van der Waals surface area contributed by atoms with Crippen molar-refractivity contribution in [3.8, 4) is 0 Å². The molecule has 120 valence electrons. The van der Waals surface area contributed by atoms with Crippen molar-refractivity contribution < 1.29 is 4.79 Å². The molecule has 1 N–H and O–H groups in total. The molecule has 1 fully saturated rings. The molecule has 0 bridgehead atoms.